The van der Waals surface area contributed by atoms with Crippen molar-refractivity contribution in [1.29, 1.82) is 0 Å². The van der Waals surface area contributed by atoms with E-state index in [0.29, 0.717) is 42.7 Å². The van der Waals surface area contributed by atoms with Crippen LogP contribution in [0.2, 0.25) is 0 Å². The minimum absolute atomic E-state index is 0.338. The van der Waals surface area contributed by atoms with Crippen LogP contribution in [0.3, 0.4) is 0 Å². The molecule has 2 amide bonds. The fourth-order valence-corrected chi connectivity index (χ4v) is 2.79. The molecule has 0 spiro atoms. The van der Waals surface area contributed by atoms with E-state index in [4.69, 9.17) is 14.2 Å². The smallest absolute Gasteiger partial charge is 0.323 e. The van der Waals surface area contributed by atoms with Crippen LogP contribution in [0.5, 0.6) is 17.2 Å². The number of ether oxygens (including phenoxy) is 3. The predicted octanol–water partition coefficient (Wildman–Crippen LogP) is 4.68. The molecular formula is C22H20N2O4. The second-order valence-electron chi connectivity index (χ2n) is 6.24. The van der Waals surface area contributed by atoms with Crippen molar-refractivity contribution in [3.05, 3.63) is 78.4 Å². The van der Waals surface area contributed by atoms with Gasteiger partial charge in [0, 0.05) is 17.4 Å². The summed E-state index contributed by atoms with van der Waals surface area (Å²) in [6.45, 7) is 1.53. The van der Waals surface area contributed by atoms with Gasteiger partial charge in [-0.05, 0) is 42.0 Å². The molecule has 0 radical (unpaired) electrons. The molecule has 1 aliphatic heterocycles. The summed E-state index contributed by atoms with van der Waals surface area (Å²) in [5, 5.41) is 5.58. The van der Waals surface area contributed by atoms with Crippen LogP contribution in [0, 0.1) is 0 Å². The molecule has 6 heteroatoms. The van der Waals surface area contributed by atoms with Crippen molar-refractivity contribution in [3.8, 4) is 17.2 Å². The lowest BCUT2D eigenvalue weighted by atomic mass is 10.2. The molecule has 0 unspecified atom stereocenters. The lowest BCUT2D eigenvalue weighted by Crippen LogP contribution is -2.20. The Labute approximate surface area is 163 Å². The quantitative estimate of drug-likeness (QED) is 0.678. The number of amides is 2. The SMILES string of the molecule is O=C(Nc1ccc(OCc2ccccc2)cc1)Nc1ccc2c(c1)OCCO2. The fraction of sp³-hybridized carbons (Fsp3) is 0.136. The number of carbonyl (C=O) groups is 1. The highest BCUT2D eigenvalue weighted by Crippen LogP contribution is 2.32. The number of hydrogen-bond donors (Lipinski definition) is 2. The molecule has 6 nitrogen and oxygen atoms in total. The number of rotatable bonds is 5. The Kier molecular flexibility index (Phi) is 5.29. The maximum atomic E-state index is 12.2. The van der Waals surface area contributed by atoms with E-state index in [1.165, 1.54) is 0 Å². The van der Waals surface area contributed by atoms with Gasteiger partial charge in [0.15, 0.2) is 11.5 Å². The Hall–Kier alpha value is -3.67. The predicted molar refractivity (Wildman–Crippen MR) is 107 cm³/mol. The van der Waals surface area contributed by atoms with Gasteiger partial charge in [-0.3, -0.25) is 0 Å². The molecule has 28 heavy (non-hydrogen) atoms. The van der Waals surface area contributed by atoms with E-state index in [0.717, 1.165) is 11.3 Å². The van der Waals surface area contributed by atoms with Gasteiger partial charge in [-0.2, -0.15) is 0 Å². The topological polar surface area (TPSA) is 68.8 Å². The Balaban J connectivity index is 1.30. The molecular weight excluding hydrogens is 356 g/mol. The summed E-state index contributed by atoms with van der Waals surface area (Å²) >= 11 is 0. The number of urea groups is 1. The van der Waals surface area contributed by atoms with Crippen molar-refractivity contribution in [2.75, 3.05) is 23.8 Å². The van der Waals surface area contributed by atoms with Crippen molar-refractivity contribution < 1.29 is 19.0 Å². The third-order valence-corrected chi connectivity index (χ3v) is 4.16. The largest absolute Gasteiger partial charge is 0.489 e. The zero-order chi connectivity index (χ0) is 19.2. The van der Waals surface area contributed by atoms with E-state index in [2.05, 4.69) is 10.6 Å². The Morgan fingerprint density at radius 1 is 0.821 bits per heavy atom. The number of fused-ring (bicyclic) bond motifs is 1. The Bertz CT molecular complexity index is 943. The van der Waals surface area contributed by atoms with Gasteiger partial charge in [0.1, 0.15) is 25.6 Å². The van der Waals surface area contributed by atoms with Crippen LogP contribution in [0.15, 0.2) is 72.8 Å². The van der Waals surface area contributed by atoms with Gasteiger partial charge in [0.05, 0.1) is 0 Å². The van der Waals surface area contributed by atoms with E-state index in [1.807, 2.05) is 42.5 Å². The first-order valence-corrected chi connectivity index (χ1v) is 9.01. The normalized spacial score (nSPS) is 12.1. The van der Waals surface area contributed by atoms with Crippen molar-refractivity contribution >= 4 is 17.4 Å². The first-order valence-electron chi connectivity index (χ1n) is 9.01. The average molecular weight is 376 g/mol. The summed E-state index contributed by atoms with van der Waals surface area (Å²) in [7, 11) is 0. The molecule has 4 rings (SSSR count). The standard InChI is InChI=1S/C22H20N2O4/c25-22(24-18-8-11-20-21(14-18)27-13-12-26-20)23-17-6-9-19(10-7-17)28-15-16-4-2-1-3-5-16/h1-11,14H,12-13,15H2,(H2,23,24,25). The monoisotopic (exact) mass is 376 g/mol. The second-order valence-corrected chi connectivity index (χ2v) is 6.24. The number of hydrogen-bond acceptors (Lipinski definition) is 4. The van der Waals surface area contributed by atoms with Gasteiger partial charge < -0.3 is 24.8 Å². The summed E-state index contributed by atoms with van der Waals surface area (Å²) in [5.74, 6) is 2.05. The fourth-order valence-electron chi connectivity index (χ4n) is 2.79. The zero-order valence-electron chi connectivity index (χ0n) is 15.2. The lowest BCUT2D eigenvalue weighted by Gasteiger charge is -2.19. The van der Waals surface area contributed by atoms with Crippen LogP contribution in [0.1, 0.15) is 5.56 Å². The van der Waals surface area contributed by atoms with E-state index in [9.17, 15) is 4.79 Å². The summed E-state index contributed by atoms with van der Waals surface area (Å²) in [6.07, 6.45) is 0. The molecule has 0 aliphatic carbocycles. The van der Waals surface area contributed by atoms with E-state index in [1.54, 1.807) is 30.3 Å². The summed E-state index contributed by atoms with van der Waals surface area (Å²) in [6, 6.07) is 22.1. The Morgan fingerprint density at radius 2 is 1.50 bits per heavy atom. The van der Waals surface area contributed by atoms with Crippen LogP contribution >= 0.6 is 0 Å². The van der Waals surface area contributed by atoms with Crippen LogP contribution in [-0.4, -0.2) is 19.2 Å². The van der Waals surface area contributed by atoms with Crippen molar-refractivity contribution in [1.82, 2.24) is 0 Å². The molecule has 1 heterocycles. The highest BCUT2D eigenvalue weighted by Gasteiger charge is 2.12. The third-order valence-electron chi connectivity index (χ3n) is 4.16. The number of benzene rings is 3. The summed E-state index contributed by atoms with van der Waals surface area (Å²) in [4.78, 5) is 12.2. The minimum atomic E-state index is -0.338. The van der Waals surface area contributed by atoms with Gasteiger partial charge in [0.2, 0.25) is 0 Å². The molecule has 3 aromatic rings. The van der Waals surface area contributed by atoms with Crippen LogP contribution in [0.4, 0.5) is 16.2 Å². The van der Waals surface area contributed by atoms with E-state index >= 15 is 0 Å². The van der Waals surface area contributed by atoms with Crippen LogP contribution in [0.25, 0.3) is 0 Å². The zero-order valence-corrected chi connectivity index (χ0v) is 15.2. The first kappa shape index (κ1) is 17.7. The van der Waals surface area contributed by atoms with Crippen molar-refractivity contribution in [2.24, 2.45) is 0 Å². The molecule has 0 fully saturated rings. The van der Waals surface area contributed by atoms with E-state index in [-0.39, 0.29) is 6.03 Å². The third kappa shape index (κ3) is 4.54. The van der Waals surface area contributed by atoms with Gasteiger partial charge >= 0.3 is 6.03 Å². The Morgan fingerprint density at radius 3 is 2.29 bits per heavy atom. The number of nitrogens with one attached hydrogen (secondary N) is 2. The van der Waals surface area contributed by atoms with Crippen molar-refractivity contribution in [3.63, 3.8) is 0 Å². The van der Waals surface area contributed by atoms with Crippen molar-refractivity contribution in [2.45, 2.75) is 6.61 Å². The summed E-state index contributed by atoms with van der Waals surface area (Å²) < 4.78 is 16.7. The highest BCUT2D eigenvalue weighted by atomic mass is 16.6. The van der Waals surface area contributed by atoms with Crippen LogP contribution < -0.4 is 24.8 Å². The van der Waals surface area contributed by atoms with Gasteiger partial charge in [0.25, 0.3) is 0 Å². The molecule has 0 saturated heterocycles. The molecule has 142 valence electrons. The molecule has 0 saturated carbocycles. The lowest BCUT2D eigenvalue weighted by molar-refractivity contribution is 0.171. The molecule has 0 bridgehead atoms. The summed E-state index contributed by atoms with van der Waals surface area (Å²) in [5.41, 5.74) is 2.40. The van der Waals surface area contributed by atoms with Crippen LogP contribution in [-0.2, 0) is 6.61 Å². The molecule has 0 aromatic heterocycles. The molecule has 2 N–H and O–H groups in total. The molecule has 0 atom stereocenters. The van der Waals surface area contributed by atoms with Gasteiger partial charge in [-0.15, -0.1) is 0 Å². The maximum Gasteiger partial charge on any atom is 0.323 e. The highest BCUT2D eigenvalue weighted by molar-refractivity contribution is 5.99. The minimum Gasteiger partial charge on any atom is -0.489 e. The first-order chi connectivity index (χ1) is 13.8. The number of anilines is 2. The van der Waals surface area contributed by atoms with Gasteiger partial charge in [-0.1, -0.05) is 30.3 Å². The maximum absolute atomic E-state index is 12.2. The molecule has 1 aliphatic rings. The average Bonchev–Trinajstić information content (AvgIpc) is 2.74. The number of carbonyl (C=O) groups excluding carboxylic acids is 1. The second kappa shape index (κ2) is 8.35. The van der Waals surface area contributed by atoms with Gasteiger partial charge in [-0.25, -0.2) is 4.79 Å². The molecule has 3 aromatic carbocycles. The van der Waals surface area contributed by atoms with E-state index < -0.39 is 0 Å².